The Balaban J connectivity index is 1.62. The van der Waals surface area contributed by atoms with E-state index in [1.54, 1.807) is 0 Å². The van der Waals surface area contributed by atoms with Gasteiger partial charge in [-0.05, 0) is 44.6 Å². The van der Waals surface area contributed by atoms with Crippen molar-refractivity contribution in [3.05, 3.63) is 0 Å². The van der Waals surface area contributed by atoms with Crippen LogP contribution in [0.3, 0.4) is 0 Å². The lowest BCUT2D eigenvalue weighted by atomic mass is 10.00. The monoisotopic (exact) mass is 240 g/mol. The molecule has 100 valence electrons. The normalized spacial score (nSPS) is 27.5. The maximum Gasteiger partial charge on any atom is 0.0434 e. The van der Waals surface area contributed by atoms with Crippen molar-refractivity contribution in [2.75, 3.05) is 26.2 Å². The fourth-order valence-corrected chi connectivity index (χ4v) is 3.00. The maximum absolute atomic E-state index is 9.04. The third kappa shape index (κ3) is 4.23. The van der Waals surface area contributed by atoms with Gasteiger partial charge in [0.25, 0.3) is 0 Å². The van der Waals surface area contributed by atoms with Crippen LogP contribution >= 0.6 is 0 Å². The third-order valence-corrected chi connectivity index (χ3v) is 4.21. The minimum atomic E-state index is 0.339. The Morgan fingerprint density at radius 2 is 2.12 bits per heavy atom. The summed E-state index contributed by atoms with van der Waals surface area (Å²) in [6, 6.07) is 1.62. The molecule has 1 heterocycles. The molecule has 2 aliphatic rings. The topological polar surface area (TPSA) is 35.5 Å². The van der Waals surface area contributed by atoms with E-state index >= 15 is 0 Å². The second-order valence-electron chi connectivity index (χ2n) is 5.79. The molecule has 1 saturated heterocycles. The Morgan fingerprint density at radius 3 is 2.76 bits per heavy atom. The summed E-state index contributed by atoms with van der Waals surface area (Å²) in [6.45, 7) is 6.21. The van der Waals surface area contributed by atoms with Gasteiger partial charge in [-0.2, -0.15) is 0 Å². The zero-order chi connectivity index (χ0) is 12.1. The van der Waals surface area contributed by atoms with E-state index in [-0.39, 0.29) is 0 Å². The van der Waals surface area contributed by atoms with Gasteiger partial charge in [-0.25, -0.2) is 0 Å². The number of nitrogens with zero attached hydrogens (tertiary/aromatic N) is 1. The molecule has 17 heavy (non-hydrogen) atoms. The Bertz CT molecular complexity index is 212. The fourth-order valence-electron chi connectivity index (χ4n) is 3.00. The Morgan fingerprint density at radius 1 is 1.29 bits per heavy atom. The molecule has 1 aliphatic carbocycles. The highest BCUT2D eigenvalue weighted by atomic mass is 16.3. The molecule has 0 spiro atoms. The SMILES string of the molecule is CCCC(CCO)CNC1CCN(C2CC2)C1. The van der Waals surface area contributed by atoms with Crippen molar-refractivity contribution in [3.8, 4) is 0 Å². The van der Waals surface area contributed by atoms with Crippen LogP contribution in [0.1, 0.15) is 45.4 Å². The van der Waals surface area contributed by atoms with Crippen LogP contribution in [-0.4, -0.2) is 48.3 Å². The van der Waals surface area contributed by atoms with E-state index in [1.165, 1.54) is 45.2 Å². The number of hydrogen-bond donors (Lipinski definition) is 2. The van der Waals surface area contributed by atoms with Crippen LogP contribution in [0.4, 0.5) is 0 Å². The Hall–Kier alpha value is -0.120. The lowest BCUT2D eigenvalue weighted by molar-refractivity contribution is 0.244. The van der Waals surface area contributed by atoms with E-state index in [1.807, 2.05) is 0 Å². The molecule has 1 saturated carbocycles. The number of likely N-dealkylation sites (tertiary alicyclic amines) is 1. The predicted octanol–water partition coefficient (Wildman–Crippen LogP) is 1.61. The molecule has 2 fully saturated rings. The fraction of sp³-hybridized carbons (Fsp3) is 1.00. The van der Waals surface area contributed by atoms with Gasteiger partial charge >= 0.3 is 0 Å². The summed E-state index contributed by atoms with van der Waals surface area (Å²) in [5.41, 5.74) is 0. The van der Waals surface area contributed by atoms with Gasteiger partial charge < -0.3 is 10.4 Å². The number of aliphatic hydroxyl groups excluding tert-OH is 1. The van der Waals surface area contributed by atoms with Gasteiger partial charge in [0.05, 0.1) is 0 Å². The van der Waals surface area contributed by atoms with Crippen LogP contribution in [0, 0.1) is 5.92 Å². The number of rotatable bonds is 8. The van der Waals surface area contributed by atoms with Crippen molar-refractivity contribution in [2.24, 2.45) is 5.92 Å². The van der Waals surface area contributed by atoms with Gasteiger partial charge in [0.1, 0.15) is 0 Å². The molecule has 0 aromatic heterocycles. The van der Waals surface area contributed by atoms with Crippen LogP contribution in [0.5, 0.6) is 0 Å². The largest absolute Gasteiger partial charge is 0.396 e. The average Bonchev–Trinajstić information content (AvgIpc) is 3.07. The molecule has 0 bridgehead atoms. The van der Waals surface area contributed by atoms with Crippen LogP contribution < -0.4 is 5.32 Å². The molecular formula is C14H28N2O. The molecule has 0 aromatic carbocycles. The molecule has 1 aliphatic heterocycles. The predicted molar refractivity (Wildman–Crippen MR) is 71.1 cm³/mol. The molecule has 0 amide bonds. The summed E-state index contributed by atoms with van der Waals surface area (Å²) >= 11 is 0. The summed E-state index contributed by atoms with van der Waals surface area (Å²) in [7, 11) is 0. The average molecular weight is 240 g/mol. The summed E-state index contributed by atoms with van der Waals surface area (Å²) in [6.07, 6.45) is 7.59. The summed E-state index contributed by atoms with van der Waals surface area (Å²) in [5.74, 6) is 0.667. The van der Waals surface area contributed by atoms with Gasteiger partial charge in [0.2, 0.25) is 0 Å². The first-order valence-electron chi connectivity index (χ1n) is 7.41. The highest BCUT2D eigenvalue weighted by Crippen LogP contribution is 2.29. The summed E-state index contributed by atoms with van der Waals surface area (Å²) < 4.78 is 0. The maximum atomic E-state index is 9.04. The van der Waals surface area contributed by atoms with Crippen molar-refractivity contribution in [2.45, 2.75) is 57.5 Å². The minimum absolute atomic E-state index is 0.339. The van der Waals surface area contributed by atoms with Gasteiger partial charge in [0.15, 0.2) is 0 Å². The van der Waals surface area contributed by atoms with Crippen LogP contribution in [0.15, 0.2) is 0 Å². The smallest absolute Gasteiger partial charge is 0.0434 e. The molecule has 2 unspecified atom stereocenters. The Kier molecular flexibility index (Phi) is 5.26. The van der Waals surface area contributed by atoms with Crippen molar-refractivity contribution in [3.63, 3.8) is 0 Å². The summed E-state index contributed by atoms with van der Waals surface area (Å²) in [4.78, 5) is 2.65. The molecule has 0 radical (unpaired) electrons. The number of nitrogens with one attached hydrogen (secondary N) is 1. The van der Waals surface area contributed by atoms with E-state index in [0.29, 0.717) is 18.6 Å². The zero-order valence-electron chi connectivity index (χ0n) is 11.2. The summed E-state index contributed by atoms with van der Waals surface area (Å²) in [5, 5.41) is 12.8. The first-order chi connectivity index (χ1) is 8.33. The highest BCUT2D eigenvalue weighted by Gasteiger charge is 2.34. The van der Waals surface area contributed by atoms with Gasteiger partial charge in [-0.15, -0.1) is 0 Å². The quantitative estimate of drug-likeness (QED) is 0.676. The van der Waals surface area contributed by atoms with Crippen LogP contribution in [0.25, 0.3) is 0 Å². The van der Waals surface area contributed by atoms with Gasteiger partial charge in [-0.1, -0.05) is 13.3 Å². The standard InChI is InChI=1S/C14H28N2O/c1-2-3-12(7-9-17)10-15-13-6-8-16(11-13)14-4-5-14/h12-15,17H,2-11H2,1H3. The van der Waals surface area contributed by atoms with Crippen molar-refractivity contribution in [1.29, 1.82) is 0 Å². The number of aliphatic hydroxyl groups is 1. The molecular weight excluding hydrogens is 212 g/mol. The minimum Gasteiger partial charge on any atom is -0.396 e. The molecule has 2 atom stereocenters. The third-order valence-electron chi connectivity index (χ3n) is 4.21. The second-order valence-corrected chi connectivity index (χ2v) is 5.79. The molecule has 3 nitrogen and oxygen atoms in total. The Labute approximate surface area is 106 Å². The van der Waals surface area contributed by atoms with E-state index in [9.17, 15) is 0 Å². The molecule has 3 heteroatoms. The lowest BCUT2D eigenvalue weighted by Crippen LogP contribution is -2.36. The zero-order valence-corrected chi connectivity index (χ0v) is 11.2. The van der Waals surface area contributed by atoms with Gasteiger partial charge in [-0.3, -0.25) is 4.90 Å². The molecule has 0 aromatic rings. The lowest BCUT2D eigenvalue weighted by Gasteiger charge is -2.20. The molecule has 2 N–H and O–H groups in total. The van der Waals surface area contributed by atoms with Crippen molar-refractivity contribution >= 4 is 0 Å². The number of hydrogen-bond acceptors (Lipinski definition) is 3. The molecule has 2 rings (SSSR count). The van der Waals surface area contributed by atoms with E-state index in [2.05, 4.69) is 17.1 Å². The van der Waals surface area contributed by atoms with E-state index in [0.717, 1.165) is 19.0 Å². The highest BCUT2D eigenvalue weighted by molar-refractivity contribution is 4.91. The van der Waals surface area contributed by atoms with E-state index in [4.69, 9.17) is 5.11 Å². The van der Waals surface area contributed by atoms with Crippen LogP contribution in [-0.2, 0) is 0 Å². The van der Waals surface area contributed by atoms with Gasteiger partial charge in [0, 0.05) is 31.8 Å². The second kappa shape index (κ2) is 6.72. The first-order valence-corrected chi connectivity index (χ1v) is 7.41. The first kappa shape index (κ1) is 13.3. The van der Waals surface area contributed by atoms with Crippen molar-refractivity contribution in [1.82, 2.24) is 10.2 Å². The van der Waals surface area contributed by atoms with Crippen LogP contribution in [0.2, 0.25) is 0 Å². The van der Waals surface area contributed by atoms with Crippen molar-refractivity contribution < 1.29 is 5.11 Å². The van der Waals surface area contributed by atoms with E-state index < -0.39 is 0 Å².